The van der Waals surface area contributed by atoms with Crippen molar-refractivity contribution in [1.29, 1.82) is 0 Å². The number of benzene rings is 1. The Balaban J connectivity index is 2.02. The van der Waals surface area contributed by atoms with Crippen molar-refractivity contribution in [3.05, 3.63) is 51.4 Å². The molecule has 2 N–H and O–H groups in total. The molecule has 1 aromatic carbocycles. The third-order valence-electron chi connectivity index (χ3n) is 4.13. The van der Waals surface area contributed by atoms with E-state index in [-0.39, 0.29) is 25.1 Å². The lowest BCUT2D eigenvalue weighted by Gasteiger charge is -2.14. The molecule has 0 spiro atoms. The average molecular weight is 396 g/mol. The molecule has 0 saturated carbocycles. The number of ether oxygens (including phenoxy) is 1. The predicted molar refractivity (Wildman–Crippen MR) is 101 cm³/mol. The fraction of sp³-hybridized carbons (Fsp3) is 0.368. The molecule has 2 aromatic rings. The molecule has 1 atom stereocenters. The Labute approximate surface area is 160 Å². The van der Waals surface area contributed by atoms with Gasteiger partial charge in [0.15, 0.2) is 11.6 Å². The third-order valence-corrected chi connectivity index (χ3v) is 5.25. The maximum absolute atomic E-state index is 13.3. The Morgan fingerprint density at radius 2 is 1.93 bits per heavy atom. The quantitative estimate of drug-likeness (QED) is 0.691. The first-order valence-electron chi connectivity index (χ1n) is 8.49. The number of thiophene rings is 1. The summed E-state index contributed by atoms with van der Waals surface area (Å²) in [6.45, 7) is 7.31. The Bertz CT molecular complexity index is 852. The molecule has 0 aliphatic heterocycles. The van der Waals surface area contributed by atoms with Gasteiger partial charge in [-0.1, -0.05) is 6.07 Å². The monoisotopic (exact) mass is 396 g/mol. The number of hydrogen-bond acceptors (Lipinski definition) is 5. The molecule has 0 fully saturated rings. The number of halogens is 2. The number of aryl methyl sites for hydroxylation is 1. The van der Waals surface area contributed by atoms with Crippen molar-refractivity contribution >= 4 is 28.2 Å². The van der Waals surface area contributed by atoms with E-state index in [4.69, 9.17) is 4.74 Å². The zero-order valence-electron chi connectivity index (χ0n) is 15.6. The topological polar surface area (TPSA) is 67.4 Å². The number of esters is 1. The van der Waals surface area contributed by atoms with Crippen molar-refractivity contribution in [2.45, 2.75) is 33.7 Å². The number of hydrogen-bond donors (Lipinski definition) is 2. The van der Waals surface area contributed by atoms with Gasteiger partial charge in [-0.3, -0.25) is 4.79 Å². The summed E-state index contributed by atoms with van der Waals surface area (Å²) in [5.74, 6) is -2.68. The summed E-state index contributed by atoms with van der Waals surface area (Å²) < 4.78 is 31.4. The maximum Gasteiger partial charge on any atom is 0.341 e. The Morgan fingerprint density at radius 3 is 2.56 bits per heavy atom. The highest BCUT2D eigenvalue weighted by Crippen LogP contribution is 2.33. The molecule has 1 amide bonds. The van der Waals surface area contributed by atoms with E-state index in [2.05, 4.69) is 10.6 Å². The number of amides is 1. The first kappa shape index (κ1) is 21.0. The van der Waals surface area contributed by atoms with E-state index in [0.29, 0.717) is 16.1 Å². The van der Waals surface area contributed by atoms with Crippen molar-refractivity contribution in [2.75, 3.05) is 18.5 Å². The molecule has 8 heteroatoms. The predicted octanol–water partition coefficient (Wildman–Crippen LogP) is 4.11. The van der Waals surface area contributed by atoms with Gasteiger partial charge in [-0.2, -0.15) is 0 Å². The van der Waals surface area contributed by atoms with Gasteiger partial charge in [0.05, 0.1) is 18.7 Å². The second kappa shape index (κ2) is 9.05. The second-order valence-electron chi connectivity index (χ2n) is 6.03. The standard InChI is InChI=1S/C19H22F2N2O3S/c1-5-26-19(25)17-10(2)12(4)27-18(17)23-16(24)9-22-11(3)13-6-7-14(20)15(21)8-13/h6-8,11,22H,5,9H2,1-4H3,(H,23,24)/t11-/m0/s1. The van der Waals surface area contributed by atoms with Crippen LogP contribution in [0, 0.1) is 25.5 Å². The van der Waals surface area contributed by atoms with Crippen LogP contribution in [0.5, 0.6) is 0 Å². The summed E-state index contributed by atoms with van der Waals surface area (Å²) in [6.07, 6.45) is 0. The van der Waals surface area contributed by atoms with Gasteiger partial charge < -0.3 is 15.4 Å². The molecule has 0 aliphatic carbocycles. The molecule has 1 aromatic heterocycles. The summed E-state index contributed by atoms with van der Waals surface area (Å²) >= 11 is 1.31. The SMILES string of the molecule is CCOC(=O)c1c(NC(=O)CN[C@@H](C)c2ccc(F)c(F)c2)sc(C)c1C. The maximum atomic E-state index is 13.3. The molecular weight excluding hydrogens is 374 g/mol. The van der Waals surface area contributed by atoms with E-state index in [0.717, 1.165) is 22.6 Å². The summed E-state index contributed by atoms with van der Waals surface area (Å²) in [5, 5.41) is 6.11. The van der Waals surface area contributed by atoms with Gasteiger partial charge in [-0.15, -0.1) is 11.3 Å². The van der Waals surface area contributed by atoms with Gasteiger partial charge >= 0.3 is 5.97 Å². The summed E-state index contributed by atoms with van der Waals surface area (Å²) in [6, 6.07) is 3.24. The summed E-state index contributed by atoms with van der Waals surface area (Å²) in [5.41, 5.74) is 1.66. The normalized spacial score (nSPS) is 11.9. The Kier molecular flexibility index (Phi) is 7.04. The van der Waals surface area contributed by atoms with E-state index >= 15 is 0 Å². The van der Waals surface area contributed by atoms with Crippen LogP contribution in [0.15, 0.2) is 18.2 Å². The Hall–Kier alpha value is -2.32. The number of rotatable bonds is 7. The fourth-order valence-electron chi connectivity index (χ4n) is 2.48. The highest BCUT2D eigenvalue weighted by Gasteiger charge is 2.22. The van der Waals surface area contributed by atoms with Crippen LogP contribution in [0.25, 0.3) is 0 Å². The highest BCUT2D eigenvalue weighted by molar-refractivity contribution is 7.16. The molecule has 0 unspecified atom stereocenters. The van der Waals surface area contributed by atoms with Crippen LogP contribution in [0.3, 0.4) is 0 Å². The van der Waals surface area contributed by atoms with E-state index in [1.165, 1.54) is 17.4 Å². The highest BCUT2D eigenvalue weighted by atomic mass is 32.1. The second-order valence-corrected chi connectivity index (χ2v) is 7.26. The van der Waals surface area contributed by atoms with Crippen molar-refractivity contribution < 1.29 is 23.1 Å². The number of carbonyl (C=O) groups excluding carboxylic acids is 2. The van der Waals surface area contributed by atoms with Crippen LogP contribution < -0.4 is 10.6 Å². The first-order chi connectivity index (χ1) is 12.7. The number of anilines is 1. The zero-order valence-corrected chi connectivity index (χ0v) is 16.4. The fourth-order valence-corrected chi connectivity index (χ4v) is 3.54. The molecule has 146 valence electrons. The molecule has 0 radical (unpaired) electrons. The minimum atomic E-state index is -0.936. The minimum absolute atomic E-state index is 0.0571. The molecule has 0 bridgehead atoms. The lowest BCUT2D eigenvalue weighted by Crippen LogP contribution is -2.30. The van der Waals surface area contributed by atoms with Gasteiger partial charge in [0.2, 0.25) is 5.91 Å². The van der Waals surface area contributed by atoms with Crippen LogP contribution >= 0.6 is 11.3 Å². The van der Waals surface area contributed by atoms with E-state index < -0.39 is 17.6 Å². The average Bonchev–Trinajstić information content (AvgIpc) is 2.89. The lowest BCUT2D eigenvalue weighted by atomic mass is 10.1. The Morgan fingerprint density at radius 1 is 1.22 bits per heavy atom. The van der Waals surface area contributed by atoms with Crippen LogP contribution in [0.4, 0.5) is 13.8 Å². The van der Waals surface area contributed by atoms with Crippen molar-refractivity contribution in [1.82, 2.24) is 5.32 Å². The number of nitrogens with one attached hydrogen (secondary N) is 2. The molecule has 0 saturated heterocycles. The van der Waals surface area contributed by atoms with Crippen LogP contribution in [0.2, 0.25) is 0 Å². The van der Waals surface area contributed by atoms with Crippen molar-refractivity contribution in [3.63, 3.8) is 0 Å². The summed E-state index contributed by atoms with van der Waals surface area (Å²) in [4.78, 5) is 25.3. The lowest BCUT2D eigenvalue weighted by molar-refractivity contribution is -0.115. The largest absolute Gasteiger partial charge is 0.462 e. The molecule has 2 rings (SSSR count). The summed E-state index contributed by atoms with van der Waals surface area (Å²) in [7, 11) is 0. The van der Waals surface area contributed by atoms with Gasteiger partial charge in [-0.05, 0) is 51.0 Å². The molecular formula is C19H22F2N2O3S. The van der Waals surface area contributed by atoms with Gasteiger partial charge in [0, 0.05) is 10.9 Å². The smallest absolute Gasteiger partial charge is 0.341 e. The van der Waals surface area contributed by atoms with Crippen molar-refractivity contribution in [3.8, 4) is 0 Å². The minimum Gasteiger partial charge on any atom is -0.462 e. The molecule has 1 heterocycles. The van der Waals surface area contributed by atoms with E-state index in [1.54, 1.807) is 20.8 Å². The molecule has 27 heavy (non-hydrogen) atoms. The molecule has 5 nitrogen and oxygen atoms in total. The van der Waals surface area contributed by atoms with Crippen LogP contribution in [0.1, 0.15) is 46.3 Å². The molecule has 0 aliphatic rings. The zero-order chi connectivity index (χ0) is 20.1. The van der Waals surface area contributed by atoms with Crippen LogP contribution in [-0.4, -0.2) is 25.0 Å². The van der Waals surface area contributed by atoms with Gasteiger partial charge in [-0.25, -0.2) is 13.6 Å². The first-order valence-corrected chi connectivity index (χ1v) is 9.31. The number of carbonyl (C=O) groups is 2. The van der Waals surface area contributed by atoms with Gasteiger partial charge in [0.25, 0.3) is 0 Å². The van der Waals surface area contributed by atoms with E-state index in [1.807, 2.05) is 6.92 Å². The van der Waals surface area contributed by atoms with Crippen molar-refractivity contribution in [2.24, 2.45) is 0 Å². The van der Waals surface area contributed by atoms with E-state index in [9.17, 15) is 18.4 Å². The third kappa shape index (κ3) is 5.11. The van der Waals surface area contributed by atoms with Crippen LogP contribution in [-0.2, 0) is 9.53 Å². The van der Waals surface area contributed by atoms with Gasteiger partial charge in [0.1, 0.15) is 5.00 Å².